The summed E-state index contributed by atoms with van der Waals surface area (Å²) in [6.07, 6.45) is -1.17. The Labute approximate surface area is 205 Å². The number of esters is 1. The third kappa shape index (κ3) is 5.76. The molecule has 0 aliphatic carbocycles. The predicted octanol–water partition coefficient (Wildman–Crippen LogP) is 4.17. The summed E-state index contributed by atoms with van der Waals surface area (Å²) < 4.78 is 4.16. The molecule has 3 aromatic rings. The molecule has 0 aliphatic rings. The lowest BCUT2D eigenvalue weighted by atomic mass is 9.84. The number of aliphatic hydroxyl groups is 1. The first-order valence-corrected chi connectivity index (χ1v) is 12.2. The minimum absolute atomic E-state index is 0.166. The zero-order valence-corrected chi connectivity index (χ0v) is 20.3. The van der Waals surface area contributed by atoms with Crippen molar-refractivity contribution in [2.75, 3.05) is 12.9 Å². The van der Waals surface area contributed by atoms with Gasteiger partial charge in [0.05, 0.1) is 29.9 Å². The van der Waals surface area contributed by atoms with E-state index in [1.807, 2.05) is 54.6 Å². The van der Waals surface area contributed by atoms with Gasteiger partial charge in [-0.3, -0.25) is 9.59 Å². The second kappa shape index (κ2) is 12.0. The van der Waals surface area contributed by atoms with Crippen LogP contribution in [0.15, 0.2) is 91.0 Å². The fraction of sp³-hybridized carbons (Fsp3) is 0.286. The van der Waals surface area contributed by atoms with Crippen LogP contribution < -0.4 is 5.73 Å². The lowest BCUT2D eigenvalue weighted by Crippen LogP contribution is -2.39. The highest BCUT2D eigenvalue weighted by atomic mass is 32.2. The van der Waals surface area contributed by atoms with Gasteiger partial charge in [-0.05, 0) is 23.6 Å². The average Bonchev–Trinajstić information content (AvgIpc) is 2.88. The monoisotopic (exact) mass is 477 g/mol. The maximum absolute atomic E-state index is 12.9. The Morgan fingerprint density at radius 1 is 0.882 bits per heavy atom. The van der Waals surface area contributed by atoms with E-state index in [2.05, 4.69) is 36.4 Å². The molecule has 3 atom stereocenters. The van der Waals surface area contributed by atoms with E-state index in [4.69, 9.17) is 10.5 Å². The summed E-state index contributed by atoms with van der Waals surface area (Å²) in [6, 6.07) is 29.7. The summed E-state index contributed by atoms with van der Waals surface area (Å²) in [5.41, 5.74) is 9.58. The first-order valence-electron chi connectivity index (χ1n) is 11.2. The summed E-state index contributed by atoms with van der Waals surface area (Å²) in [4.78, 5) is 25.0. The zero-order valence-electron chi connectivity index (χ0n) is 19.5. The Hall–Kier alpha value is -2.93. The van der Waals surface area contributed by atoms with Crippen molar-refractivity contribution < 1.29 is 19.4 Å². The molecule has 34 heavy (non-hydrogen) atoms. The molecule has 0 heterocycles. The number of hydrogen-bond acceptors (Lipinski definition) is 6. The third-order valence-corrected chi connectivity index (χ3v) is 7.61. The summed E-state index contributed by atoms with van der Waals surface area (Å²) in [7, 11) is 1.24. The van der Waals surface area contributed by atoms with Crippen LogP contribution in [0.2, 0.25) is 0 Å². The fourth-order valence-corrected chi connectivity index (χ4v) is 5.57. The molecule has 0 saturated heterocycles. The van der Waals surface area contributed by atoms with Gasteiger partial charge in [0.25, 0.3) is 0 Å². The second-order valence-electron chi connectivity index (χ2n) is 8.24. The van der Waals surface area contributed by atoms with Gasteiger partial charge in [0.15, 0.2) is 5.78 Å². The molecule has 0 saturated carbocycles. The highest BCUT2D eigenvalue weighted by Gasteiger charge is 2.38. The van der Waals surface area contributed by atoms with E-state index in [-0.39, 0.29) is 12.2 Å². The molecule has 3 N–H and O–H groups in total. The first-order chi connectivity index (χ1) is 16.4. The molecule has 3 aromatic carbocycles. The topological polar surface area (TPSA) is 89.6 Å². The molecule has 0 spiro atoms. The summed E-state index contributed by atoms with van der Waals surface area (Å²) in [6.45, 7) is 1.47. The third-order valence-electron chi connectivity index (χ3n) is 5.94. The zero-order chi connectivity index (χ0) is 24.6. The Morgan fingerprint density at radius 3 is 1.65 bits per heavy atom. The summed E-state index contributed by atoms with van der Waals surface area (Å²) in [5, 5.41) is 9.95. The van der Waals surface area contributed by atoms with Crippen molar-refractivity contribution in [1.29, 1.82) is 0 Å². The van der Waals surface area contributed by atoms with Gasteiger partial charge in [-0.1, -0.05) is 91.0 Å². The van der Waals surface area contributed by atoms with Crippen LogP contribution in [0.5, 0.6) is 0 Å². The number of hydrogen-bond donors (Lipinski definition) is 2. The number of carbonyl (C=O) groups is 2. The number of ether oxygens (including phenoxy) is 1. The molecule has 178 valence electrons. The van der Waals surface area contributed by atoms with E-state index in [0.29, 0.717) is 5.75 Å². The van der Waals surface area contributed by atoms with Gasteiger partial charge in [0.2, 0.25) is 0 Å². The maximum atomic E-state index is 12.9. The van der Waals surface area contributed by atoms with Crippen molar-refractivity contribution in [3.05, 3.63) is 108 Å². The fourth-order valence-electron chi connectivity index (χ4n) is 4.05. The van der Waals surface area contributed by atoms with Gasteiger partial charge >= 0.3 is 5.97 Å². The standard InChI is InChI=1S/C28H31NO4S/c1-20(30)24(27(32)33-2)18-26(31)25(29)19-34-28(21-12-6-3-7-13-21,22-14-8-4-9-15-22)23-16-10-5-11-17-23/h3-17,20,24-25,30H,18-19,29H2,1-2H3/t20-,24+,25+/m0/s1. The van der Waals surface area contributed by atoms with Crippen LogP contribution >= 0.6 is 11.8 Å². The van der Waals surface area contributed by atoms with E-state index in [1.165, 1.54) is 14.0 Å². The number of rotatable bonds is 11. The Morgan fingerprint density at radius 2 is 1.29 bits per heavy atom. The molecule has 5 nitrogen and oxygen atoms in total. The van der Waals surface area contributed by atoms with Crippen LogP contribution in [0, 0.1) is 5.92 Å². The highest BCUT2D eigenvalue weighted by Crippen LogP contribution is 2.48. The van der Waals surface area contributed by atoms with Crippen LogP contribution in [-0.2, 0) is 19.1 Å². The predicted molar refractivity (Wildman–Crippen MR) is 136 cm³/mol. The molecule has 0 aromatic heterocycles. The smallest absolute Gasteiger partial charge is 0.311 e. The average molecular weight is 478 g/mol. The number of ketones is 1. The minimum Gasteiger partial charge on any atom is -0.469 e. The number of nitrogens with two attached hydrogens (primary N) is 1. The molecule has 0 aliphatic heterocycles. The Bertz CT molecular complexity index is 961. The van der Waals surface area contributed by atoms with Crippen molar-refractivity contribution in [2.24, 2.45) is 11.7 Å². The van der Waals surface area contributed by atoms with Crippen molar-refractivity contribution in [1.82, 2.24) is 0 Å². The summed E-state index contributed by atoms with van der Waals surface area (Å²) in [5.74, 6) is -1.51. The van der Waals surface area contributed by atoms with Crippen molar-refractivity contribution in [3.63, 3.8) is 0 Å². The molecular formula is C28H31NO4S. The van der Waals surface area contributed by atoms with E-state index in [1.54, 1.807) is 11.8 Å². The highest BCUT2D eigenvalue weighted by molar-refractivity contribution is 8.00. The largest absolute Gasteiger partial charge is 0.469 e. The molecule has 0 fully saturated rings. The molecule has 0 amide bonds. The maximum Gasteiger partial charge on any atom is 0.311 e. The molecule has 0 unspecified atom stereocenters. The van der Waals surface area contributed by atoms with Crippen molar-refractivity contribution in [2.45, 2.75) is 30.2 Å². The van der Waals surface area contributed by atoms with Crippen LogP contribution in [0.1, 0.15) is 30.0 Å². The minimum atomic E-state index is -1.01. The Kier molecular flexibility index (Phi) is 9.05. The number of methoxy groups -OCH3 is 1. The summed E-state index contributed by atoms with van der Waals surface area (Å²) >= 11 is 1.59. The van der Waals surface area contributed by atoms with Crippen LogP contribution in [0.3, 0.4) is 0 Å². The normalized spacial score (nSPS) is 14.1. The van der Waals surface area contributed by atoms with Gasteiger partial charge < -0.3 is 15.6 Å². The number of aliphatic hydroxyl groups excluding tert-OH is 1. The van der Waals surface area contributed by atoms with Gasteiger partial charge in [-0.15, -0.1) is 11.8 Å². The quantitative estimate of drug-likeness (QED) is 0.318. The van der Waals surface area contributed by atoms with E-state index in [9.17, 15) is 14.7 Å². The van der Waals surface area contributed by atoms with Crippen LogP contribution in [-0.4, -0.2) is 41.9 Å². The SMILES string of the molecule is COC(=O)[C@H](CC(=O)[C@H](N)CSC(c1ccccc1)(c1ccccc1)c1ccccc1)[C@H](C)O. The van der Waals surface area contributed by atoms with Crippen molar-refractivity contribution in [3.8, 4) is 0 Å². The number of thioether (sulfide) groups is 1. The molecule has 0 radical (unpaired) electrons. The van der Waals surface area contributed by atoms with Gasteiger partial charge in [0.1, 0.15) is 0 Å². The molecule has 6 heteroatoms. The molecule has 3 rings (SSSR count). The number of benzene rings is 3. The Balaban J connectivity index is 1.95. The van der Waals surface area contributed by atoms with E-state index in [0.717, 1.165) is 16.7 Å². The van der Waals surface area contributed by atoms with E-state index < -0.39 is 28.8 Å². The number of Topliss-reactive ketones (excluding diaryl/α,β-unsaturated/α-hetero) is 1. The molecular weight excluding hydrogens is 446 g/mol. The van der Waals surface area contributed by atoms with Crippen LogP contribution in [0.25, 0.3) is 0 Å². The van der Waals surface area contributed by atoms with Crippen molar-refractivity contribution >= 4 is 23.5 Å². The lowest BCUT2D eigenvalue weighted by molar-refractivity contribution is -0.151. The van der Waals surface area contributed by atoms with Gasteiger partial charge in [-0.25, -0.2) is 0 Å². The van der Waals surface area contributed by atoms with E-state index >= 15 is 0 Å². The van der Waals surface area contributed by atoms with Gasteiger partial charge in [-0.2, -0.15) is 0 Å². The van der Waals surface area contributed by atoms with Crippen LogP contribution in [0.4, 0.5) is 0 Å². The second-order valence-corrected chi connectivity index (χ2v) is 9.47. The lowest BCUT2D eigenvalue weighted by Gasteiger charge is -2.36. The number of carbonyl (C=O) groups excluding carboxylic acids is 2. The van der Waals surface area contributed by atoms with Gasteiger partial charge in [0, 0.05) is 12.2 Å². The molecule has 0 bridgehead atoms. The first kappa shape index (κ1) is 25.7.